The molecule has 4 nitrogen and oxygen atoms in total. The van der Waals surface area contributed by atoms with Gasteiger partial charge in [0.2, 0.25) is 0 Å². The van der Waals surface area contributed by atoms with Crippen LogP contribution in [0.2, 0.25) is 0 Å². The van der Waals surface area contributed by atoms with Crippen LogP contribution in [0.3, 0.4) is 0 Å². The van der Waals surface area contributed by atoms with Gasteiger partial charge in [0.1, 0.15) is 5.60 Å². The van der Waals surface area contributed by atoms with Gasteiger partial charge in [-0.2, -0.15) is 0 Å². The average molecular weight is 459 g/mol. The third kappa shape index (κ3) is 6.14. The van der Waals surface area contributed by atoms with Gasteiger partial charge < -0.3 is 4.74 Å². The van der Waals surface area contributed by atoms with Crippen LogP contribution in [0.1, 0.15) is 44.9 Å². The number of hydrogen-bond donors (Lipinski definition) is 0. The Morgan fingerprint density at radius 3 is 2.41 bits per heavy atom. The highest BCUT2D eigenvalue weighted by molar-refractivity contribution is 9.10. The second-order valence-electron chi connectivity index (χ2n) is 8.77. The summed E-state index contributed by atoms with van der Waals surface area (Å²) in [5.74, 6) is -0.149. The summed E-state index contributed by atoms with van der Waals surface area (Å²) in [6.45, 7) is 10.9. The SMILES string of the molecule is C[C@@H]1CN(C(c2ccccc2)c2cccc(Br)c2)CCN1CC(=O)OC(C)(C)C. The first-order valence-electron chi connectivity index (χ1n) is 10.2. The van der Waals surface area contributed by atoms with Gasteiger partial charge >= 0.3 is 5.97 Å². The zero-order valence-corrected chi connectivity index (χ0v) is 19.4. The van der Waals surface area contributed by atoms with Gasteiger partial charge in [0.25, 0.3) is 0 Å². The Labute approximate surface area is 183 Å². The fourth-order valence-electron chi connectivity index (χ4n) is 3.96. The third-order valence-electron chi connectivity index (χ3n) is 5.19. The van der Waals surface area contributed by atoms with Crippen molar-refractivity contribution in [3.8, 4) is 0 Å². The number of carbonyl (C=O) groups excluding carboxylic acids is 1. The second kappa shape index (κ2) is 9.41. The van der Waals surface area contributed by atoms with Crippen molar-refractivity contribution in [1.29, 1.82) is 0 Å². The van der Waals surface area contributed by atoms with Crippen LogP contribution in [0.25, 0.3) is 0 Å². The lowest BCUT2D eigenvalue weighted by Gasteiger charge is -2.43. The quantitative estimate of drug-likeness (QED) is 0.597. The van der Waals surface area contributed by atoms with E-state index in [1.807, 2.05) is 20.8 Å². The van der Waals surface area contributed by atoms with E-state index in [1.54, 1.807) is 0 Å². The number of esters is 1. The molecule has 0 amide bonds. The topological polar surface area (TPSA) is 32.8 Å². The van der Waals surface area contributed by atoms with Crippen molar-refractivity contribution < 1.29 is 9.53 Å². The zero-order chi connectivity index (χ0) is 21.0. The van der Waals surface area contributed by atoms with Crippen LogP contribution < -0.4 is 0 Å². The minimum absolute atomic E-state index is 0.149. The molecular weight excluding hydrogens is 428 g/mol. The number of ether oxygens (including phenoxy) is 1. The van der Waals surface area contributed by atoms with Crippen molar-refractivity contribution in [2.75, 3.05) is 26.2 Å². The summed E-state index contributed by atoms with van der Waals surface area (Å²) >= 11 is 3.62. The number of carbonyl (C=O) groups is 1. The molecule has 0 saturated carbocycles. The first-order valence-corrected chi connectivity index (χ1v) is 11.0. The maximum Gasteiger partial charge on any atom is 0.320 e. The number of hydrogen-bond acceptors (Lipinski definition) is 4. The summed E-state index contributed by atoms with van der Waals surface area (Å²) in [4.78, 5) is 17.0. The van der Waals surface area contributed by atoms with Crippen molar-refractivity contribution in [2.45, 2.75) is 45.4 Å². The summed E-state index contributed by atoms with van der Waals surface area (Å²) in [5, 5.41) is 0. The Morgan fingerprint density at radius 1 is 1.10 bits per heavy atom. The summed E-state index contributed by atoms with van der Waals surface area (Å²) in [7, 11) is 0. The van der Waals surface area contributed by atoms with Gasteiger partial charge in [-0.3, -0.25) is 14.6 Å². The molecule has 0 aromatic heterocycles. The highest BCUT2D eigenvalue weighted by Crippen LogP contribution is 2.32. The van der Waals surface area contributed by atoms with Gasteiger partial charge in [0.15, 0.2) is 0 Å². The zero-order valence-electron chi connectivity index (χ0n) is 17.8. The van der Waals surface area contributed by atoms with Crippen LogP contribution in [-0.2, 0) is 9.53 Å². The highest BCUT2D eigenvalue weighted by atomic mass is 79.9. The lowest BCUT2D eigenvalue weighted by atomic mass is 9.95. The normalized spacial score (nSPS) is 19.7. The fraction of sp³-hybridized carbons (Fsp3) is 0.458. The predicted octanol–water partition coefficient (Wildman–Crippen LogP) is 4.89. The third-order valence-corrected chi connectivity index (χ3v) is 5.69. The molecule has 1 saturated heterocycles. The number of rotatable bonds is 5. The van der Waals surface area contributed by atoms with E-state index in [0.29, 0.717) is 6.54 Å². The fourth-order valence-corrected chi connectivity index (χ4v) is 4.38. The van der Waals surface area contributed by atoms with Crippen LogP contribution in [-0.4, -0.2) is 53.6 Å². The van der Waals surface area contributed by atoms with Crippen LogP contribution in [0, 0.1) is 0 Å². The van der Waals surface area contributed by atoms with E-state index >= 15 is 0 Å². The van der Waals surface area contributed by atoms with Crippen molar-refractivity contribution >= 4 is 21.9 Å². The van der Waals surface area contributed by atoms with Gasteiger partial charge in [-0.05, 0) is 51.0 Å². The van der Waals surface area contributed by atoms with E-state index in [-0.39, 0.29) is 18.1 Å². The van der Waals surface area contributed by atoms with E-state index in [1.165, 1.54) is 11.1 Å². The van der Waals surface area contributed by atoms with Gasteiger partial charge in [0, 0.05) is 30.1 Å². The molecular formula is C24H31BrN2O2. The predicted molar refractivity (Wildman–Crippen MR) is 121 cm³/mol. The molecule has 1 aliphatic rings. The Balaban J connectivity index is 1.75. The molecule has 0 bridgehead atoms. The maximum absolute atomic E-state index is 12.3. The Kier molecular flexibility index (Phi) is 7.14. The molecule has 2 aromatic rings. The Morgan fingerprint density at radius 2 is 1.79 bits per heavy atom. The number of piperazine rings is 1. The second-order valence-corrected chi connectivity index (χ2v) is 9.68. The Bertz CT molecular complexity index is 819. The minimum atomic E-state index is -0.443. The lowest BCUT2D eigenvalue weighted by Crippen LogP contribution is -2.54. The number of halogens is 1. The molecule has 0 N–H and O–H groups in total. The molecule has 0 radical (unpaired) electrons. The summed E-state index contributed by atoms with van der Waals surface area (Å²) in [6.07, 6.45) is 0. The van der Waals surface area contributed by atoms with Crippen molar-refractivity contribution in [3.63, 3.8) is 0 Å². The van der Waals surface area contributed by atoms with E-state index in [2.05, 4.69) is 87.3 Å². The van der Waals surface area contributed by atoms with Gasteiger partial charge in [0.05, 0.1) is 12.6 Å². The maximum atomic E-state index is 12.3. The van der Waals surface area contributed by atoms with Crippen molar-refractivity contribution in [3.05, 3.63) is 70.2 Å². The van der Waals surface area contributed by atoms with Gasteiger partial charge in [-0.1, -0.05) is 58.4 Å². The van der Waals surface area contributed by atoms with Crippen LogP contribution in [0.15, 0.2) is 59.1 Å². The molecule has 5 heteroatoms. The number of benzene rings is 2. The first-order chi connectivity index (χ1) is 13.7. The molecule has 1 aliphatic heterocycles. The standard InChI is InChI=1S/C24H31BrN2O2/c1-18-16-27(14-13-26(18)17-22(28)29-24(2,3)4)23(19-9-6-5-7-10-19)20-11-8-12-21(25)15-20/h5-12,15,18,23H,13-14,16-17H2,1-4H3/t18-,23?/m1/s1. The number of nitrogens with zero attached hydrogens (tertiary/aromatic N) is 2. The molecule has 3 rings (SSSR count). The van der Waals surface area contributed by atoms with Crippen molar-refractivity contribution in [1.82, 2.24) is 9.80 Å². The van der Waals surface area contributed by atoms with Crippen LogP contribution >= 0.6 is 15.9 Å². The van der Waals surface area contributed by atoms with Gasteiger partial charge in [-0.25, -0.2) is 0 Å². The Hall–Kier alpha value is -1.69. The average Bonchev–Trinajstić information content (AvgIpc) is 2.64. The molecule has 1 unspecified atom stereocenters. The monoisotopic (exact) mass is 458 g/mol. The largest absolute Gasteiger partial charge is 0.459 e. The van der Waals surface area contributed by atoms with E-state index in [0.717, 1.165) is 24.1 Å². The molecule has 1 heterocycles. The molecule has 0 aliphatic carbocycles. The lowest BCUT2D eigenvalue weighted by molar-refractivity contribution is -0.157. The smallest absolute Gasteiger partial charge is 0.320 e. The molecule has 2 aromatic carbocycles. The van der Waals surface area contributed by atoms with Gasteiger partial charge in [-0.15, -0.1) is 0 Å². The minimum Gasteiger partial charge on any atom is -0.459 e. The van der Waals surface area contributed by atoms with Crippen LogP contribution in [0.5, 0.6) is 0 Å². The van der Waals surface area contributed by atoms with E-state index in [4.69, 9.17) is 4.74 Å². The molecule has 156 valence electrons. The first kappa shape index (κ1) is 22.0. The molecule has 2 atom stereocenters. The van der Waals surface area contributed by atoms with E-state index in [9.17, 15) is 4.79 Å². The molecule has 1 fully saturated rings. The van der Waals surface area contributed by atoms with Crippen molar-refractivity contribution in [2.24, 2.45) is 0 Å². The highest BCUT2D eigenvalue weighted by Gasteiger charge is 2.32. The molecule has 29 heavy (non-hydrogen) atoms. The summed E-state index contributed by atoms with van der Waals surface area (Å²) < 4.78 is 6.61. The molecule has 0 spiro atoms. The van der Waals surface area contributed by atoms with E-state index < -0.39 is 5.60 Å². The van der Waals surface area contributed by atoms with Crippen LogP contribution in [0.4, 0.5) is 0 Å². The summed E-state index contributed by atoms with van der Waals surface area (Å²) in [5.41, 5.74) is 2.12. The summed E-state index contributed by atoms with van der Waals surface area (Å²) in [6, 6.07) is 19.7.